The molecule has 0 saturated carbocycles. The Morgan fingerprint density at radius 1 is 1.67 bits per heavy atom. The molecule has 0 unspecified atom stereocenters. The molecule has 12 heavy (non-hydrogen) atoms. The number of carbonyl (C=O) groups excluding carboxylic acids is 1. The van der Waals surface area contributed by atoms with Gasteiger partial charge in [0.05, 0.1) is 5.69 Å². The lowest BCUT2D eigenvalue weighted by Gasteiger charge is -2.14. The zero-order valence-corrected chi connectivity index (χ0v) is 6.50. The first kappa shape index (κ1) is 7.02. The van der Waals surface area contributed by atoms with Crippen LogP contribution in [0.3, 0.4) is 0 Å². The van der Waals surface area contributed by atoms with Gasteiger partial charge in [-0.05, 0) is 6.92 Å². The van der Waals surface area contributed by atoms with Crippen molar-refractivity contribution in [2.45, 2.75) is 13.5 Å². The molecule has 0 atom stereocenters. The molecule has 2 heterocycles. The summed E-state index contributed by atoms with van der Waals surface area (Å²) in [5.74, 6) is 0.506. The third-order valence-corrected chi connectivity index (χ3v) is 1.53. The van der Waals surface area contributed by atoms with Crippen LogP contribution in [0.5, 0.6) is 0 Å². The Balaban J connectivity index is 2.44. The highest BCUT2D eigenvalue weighted by atomic mass is 16.5. The minimum Gasteiger partial charge on any atom is -0.443 e. The van der Waals surface area contributed by atoms with Gasteiger partial charge in [0.15, 0.2) is 5.82 Å². The van der Waals surface area contributed by atoms with Gasteiger partial charge >= 0.3 is 6.09 Å². The molecule has 0 aromatic carbocycles. The van der Waals surface area contributed by atoms with Crippen molar-refractivity contribution in [3.8, 4) is 0 Å². The van der Waals surface area contributed by atoms with Gasteiger partial charge in [0.25, 0.3) is 0 Å². The monoisotopic (exact) mass is 165 g/mol. The summed E-state index contributed by atoms with van der Waals surface area (Å²) in [7, 11) is 0. The third-order valence-electron chi connectivity index (χ3n) is 1.53. The Kier molecular flexibility index (Phi) is 1.43. The van der Waals surface area contributed by atoms with Crippen molar-refractivity contribution in [2.24, 2.45) is 0 Å². The van der Waals surface area contributed by atoms with Crippen LogP contribution in [0.4, 0.5) is 10.6 Å². The second kappa shape index (κ2) is 2.44. The molecule has 0 bridgehead atoms. The Bertz CT molecular complexity index is 337. The van der Waals surface area contributed by atoms with Crippen molar-refractivity contribution >= 4 is 11.9 Å². The highest BCUT2D eigenvalue weighted by Gasteiger charge is 2.17. The molecule has 1 N–H and O–H groups in total. The fourth-order valence-electron chi connectivity index (χ4n) is 0.975. The molecule has 0 fully saturated rings. The number of hydrogen-bond donors (Lipinski definition) is 1. The number of hydrogen-bond acceptors (Lipinski definition) is 4. The van der Waals surface area contributed by atoms with Gasteiger partial charge in [-0.15, -0.1) is 0 Å². The maximum atomic E-state index is 10.7. The highest BCUT2D eigenvalue weighted by molar-refractivity contribution is 5.85. The largest absolute Gasteiger partial charge is 0.443 e. The molecular formula is C7H7N3O2. The molecule has 1 aliphatic rings. The summed E-state index contributed by atoms with van der Waals surface area (Å²) in [6.07, 6.45) is 1.17. The lowest BCUT2D eigenvalue weighted by atomic mass is 10.4. The smallest absolute Gasteiger partial charge is 0.413 e. The molecule has 0 saturated heterocycles. The van der Waals surface area contributed by atoms with Crippen LogP contribution in [-0.2, 0) is 11.3 Å². The number of nitrogens with one attached hydrogen (secondary N) is 1. The minimum atomic E-state index is -0.470. The van der Waals surface area contributed by atoms with Crippen LogP contribution in [0, 0.1) is 6.92 Å². The summed E-state index contributed by atoms with van der Waals surface area (Å²) >= 11 is 0. The lowest BCUT2D eigenvalue weighted by molar-refractivity contribution is 0.149. The van der Waals surface area contributed by atoms with E-state index >= 15 is 0 Å². The number of ether oxygens (including phenoxy) is 1. The summed E-state index contributed by atoms with van der Waals surface area (Å²) in [6, 6.07) is 0. The van der Waals surface area contributed by atoms with E-state index in [9.17, 15) is 4.79 Å². The van der Waals surface area contributed by atoms with Gasteiger partial charge in [0.1, 0.15) is 12.3 Å². The number of fused-ring (bicyclic) bond motifs is 1. The van der Waals surface area contributed by atoms with Crippen LogP contribution in [-0.4, -0.2) is 16.1 Å². The average molecular weight is 165 g/mol. The lowest BCUT2D eigenvalue weighted by Crippen LogP contribution is -2.22. The Morgan fingerprint density at radius 3 is 3.33 bits per heavy atom. The van der Waals surface area contributed by atoms with Crippen LogP contribution in [0.25, 0.3) is 0 Å². The molecule has 1 aromatic rings. The number of aromatic nitrogens is 2. The maximum absolute atomic E-state index is 10.7. The van der Waals surface area contributed by atoms with Crippen LogP contribution in [0.15, 0.2) is 6.20 Å². The number of carbonyl (C=O) groups is 1. The van der Waals surface area contributed by atoms with Crippen LogP contribution < -0.4 is 5.32 Å². The summed E-state index contributed by atoms with van der Waals surface area (Å²) in [4.78, 5) is 18.9. The van der Waals surface area contributed by atoms with Crippen LogP contribution in [0.2, 0.25) is 0 Å². The first-order valence-electron chi connectivity index (χ1n) is 3.52. The fraction of sp³-hybridized carbons (Fsp3) is 0.286. The number of rotatable bonds is 0. The predicted molar refractivity (Wildman–Crippen MR) is 40.6 cm³/mol. The summed E-state index contributed by atoms with van der Waals surface area (Å²) in [5.41, 5.74) is 1.44. The third kappa shape index (κ3) is 1.09. The second-order valence-electron chi connectivity index (χ2n) is 2.51. The minimum absolute atomic E-state index is 0.203. The molecule has 62 valence electrons. The van der Waals surface area contributed by atoms with Gasteiger partial charge < -0.3 is 4.74 Å². The van der Waals surface area contributed by atoms with Gasteiger partial charge in [-0.25, -0.2) is 9.78 Å². The molecule has 0 aliphatic carbocycles. The van der Waals surface area contributed by atoms with Crippen molar-refractivity contribution in [3.63, 3.8) is 0 Å². The maximum Gasteiger partial charge on any atom is 0.413 e. The zero-order chi connectivity index (χ0) is 8.55. The molecule has 0 spiro atoms. The first-order valence-corrected chi connectivity index (χ1v) is 3.52. The normalized spacial score (nSPS) is 14.6. The standard InChI is InChI=1S/C7H7N3O2/c1-4-2-8-5-3-12-7(11)10-6(5)9-4/h2H,3H2,1H3,(H,9,10,11). The van der Waals surface area contributed by atoms with Gasteiger partial charge in [-0.2, -0.15) is 0 Å². The molecule has 1 aromatic heterocycles. The number of anilines is 1. The fourth-order valence-corrected chi connectivity index (χ4v) is 0.975. The Hall–Kier alpha value is -1.65. The number of nitrogens with zero attached hydrogens (tertiary/aromatic N) is 2. The van der Waals surface area contributed by atoms with Gasteiger partial charge in [-0.3, -0.25) is 10.3 Å². The van der Waals surface area contributed by atoms with Crippen LogP contribution >= 0.6 is 0 Å². The van der Waals surface area contributed by atoms with Crippen LogP contribution in [0.1, 0.15) is 11.4 Å². The van der Waals surface area contributed by atoms with E-state index < -0.39 is 6.09 Å². The Labute approximate surface area is 68.8 Å². The molecular weight excluding hydrogens is 158 g/mol. The molecule has 2 rings (SSSR count). The van der Waals surface area contributed by atoms with E-state index in [1.54, 1.807) is 6.20 Å². The van der Waals surface area contributed by atoms with E-state index in [0.717, 1.165) is 5.69 Å². The van der Waals surface area contributed by atoms with Gasteiger partial charge in [0, 0.05) is 6.20 Å². The van der Waals surface area contributed by atoms with Crippen molar-refractivity contribution in [1.82, 2.24) is 9.97 Å². The number of aryl methyl sites for hydroxylation is 1. The summed E-state index contributed by atoms with van der Waals surface area (Å²) < 4.78 is 4.69. The quantitative estimate of drug-likeness (QED) is 0.618. The summed E-state index contributed by atoms with van der Waals surface area (Å²) in [5, 5.41) is 2.47. The van der Waals surface area contributed by atoms with Crippen molar-refractivity contribution in [3.05, 3.63) is 17.6 Å². The first-order chi connectivity index (χ1) is 5.75. The van der Waals surface area contributed by atoms with Crippen molar-refractivity contribution in [2.75, 3.05) is 5.32 Å². The molecule has 1 amide bonds. The summed E-state index contributed by atoms with van der Waals surface area (Å²) in [6.45, 7) is 2.02. The van der Waals surface area contributed by atoms with E-state index in [1.807, 2.05) is 6.92 Å². The highest BCUT2D eigenvalue weighted by Crippen LogP contribution is 2.15. The van der Waals surface area contributed by atoms with E-state index in [4.69, 9.17) is 4.74 Å². The molecule has 0 radical (unpaired) electrons. The Morgan fingerprint density at radius 2 is 2.50 bits per heavy atom. The van der Waals surface area contributed by atoms with Gasteiger partial charge in [0.2, 0.25) is 0 Å². The van der Waals surface area contributed by atoms with E-state index in [0.29, 0.717) is 11.5 Å². The van der Waals surface area contributed by atoms with Crippen molar-refractivity contribution < 1.29 is 9.53 Å². The molecule has 5 heteroatoms. The van der Waals surface area contributed by atoms with E-state index in [1.165, 1.54) is 0 Å². The molecule has 1 aliphatic heterocycles. The van der Waals surface area contributed by atoms with E-state index in [-0.39, 0.29) is 6.61 Å². The number of amides is 1. The topological polar surface area (TPSA) is 64.1 Å². The zero-order valence-electron chi connectivity index (χ0n) is 6.50. The van der Waals surface area contributed by atoms with Gasteiger partial charge in [-0.1, -0.05) is 0 Å². The molecule has 5 nitrogen and oxygen atoms in total. The predicted octanol–water partition coefficient (Wildman–Crippen LogP) is 0.847. The average Bonchev–Trinajstić information content (AvgIpc) is 2.03. The van der Waals surface area contributed by atoms with E-state index in [2.05, 4.69) is 15.3 Å². The second-order valence-corrected chi connectivity index (χ2v) is 2.51. The van der Waals surface area contributed by atoms with Crippen molar-refractivity contribution in [1.29, 1.82) is 0 Å². The SMILES string of the molecule is Cc1cnc2c(n1)NC(=O)OC2. The number of cyclic esters (lactones) is 1.